The van der Waals surface area contributed by atoms with E-state index < -0.39 is 5.97 Å². The van der Waals surface area contributed by atoms with E-state index in [1.807, 2.05) is 6.92 Å². The Morgan fingerprint density at radius 3 is 2.72 bits per heavy atom. The summed E-state index contributed by atoms with van der Waals surface area (Å²) in [5.41, 5.74) is 6.43. The molecule has 0 fully saturated rings. The van der Waals surface area contributed by atoms with Crippen LogP contribution in [0.25, 0.3) is 0 Å². The summed E-state index contributed by atoms with van der Waals surface area (Å²) in [5, 5.41) is 0. The molecule has 1 rings (SSSR count). The van der Waals surface area contributed by atoms with E-state index in [0.717, 1.165) is 0 Å². The van der Waals surface area contributed by atoms with Crippen LogP contribution in [0.5, 0.6) is 5.75 Å². The van der Waals surface area contributed by atoms with Crippen molar-refractivity contribution in [1.82, 2.24) is 0 Å². The summed E-state index contributed by atoms with van der Waals surface area (Å²) in [5.74, 6) is 0.147. The SMILES string of the molecule is CCOCC(C)OC(=O)c1ccc(OC)cc1N. The fraction of sp³-hybridized carbons (Fsp3) is 0.462. The van der Waals surface area contributed by atoms with Gasteiger partial charge in [0.25, 0.3) is 0 Å². The molecular weight excluding hydrogens is 234 g/mol. The first kappa shape index (κ1) is 14.3. The van der Waals surface area contributed by atoms with E-state index in [9.17, 15) is 4.79 Å². The number of esters is 1. The molecule has 5 nitrogen and oxygen atoms in total. The Hall–Kier alpha value is -1.75. The van der Waals surface area contributed by atoms with Gasteiger partial charge < -0.3 is 19.9 Å². The molecule has 0 spiro atoms. The van der Waals surface area contributed by atoms with Crippen molar-refractivity contribution in [3.63, 3.8) is 0 Å². The molecule has 0 saturated heterocycles. The van der Waals surface area contributed by atoms with Crippen LogP contribution in [0.3, 0.4) is 0 Å². The number of carbonyl (C=O) groups is 1. The monoisotopic (exact) mass is 253 g/mol. The van der Waals surface area contributed by atoms with Crippen molar-refractivity contribution < 1.29 is 19.0 Å². The van der Waals surface area contributed by atoms with Crippen molar-refractivity contribution in [2.24, 2.45) is 0 Å². The maximum absolute atomic E-state index is 11.8. The van der Waals surface area contributed by atoms with Crippen LogP contribution < -0.4 is 10.5 Å². The molecule has 1 aromatic carbocycles. The van der Waals surface area contributed by atoms with Crippen molar-refractivity contribution in [3.05, 3.63) is 23.8 Å². The maximum Gasteiger partial charge on any atom is 0.340 e. The zero-order valence-corrected chi connectivity index (χ0v) is 10.9. The Bertz CT molecular complexity index is 406. The van der Waals surface area contributed by atoms with Gasteiger partial charge in [-0.25, -0.2) is 4.79 Å². The third-order valence-corrected chi connectivity index (χ3v) is 2.34. The van der Waals surface area contributed by atoms with Crippen LogP contribution in [0.4, 0.5) is 5.69 Å². The zero-order valence-electron chi connectivity index (χ0n) is 10.9. The summed E-state index contributed by atoms with van der Waals surface area (Å²) in [4.78, 5) is 11.8. The second kappa shape index (κ2) is 6.86. The highest BCUT2D eigenvalue weighted by molar-refractivity contribution is 5.95. The first-order valence-corrected chi connectivity index (χ1v) is 5.80. The second-order valence-electron chi connectivity index (χ2n) is 3.83. The van der Waals surface area contributed by atoms with E-state index in [4.69, 9.17) is 19.9 Å². The molecule has 0 aliphatic carbocycles. The lowest BCUT2D eigenvalue weighted by molar-refractivity contribution is 0.00449. The smallest absolute Gasteiger partial charge is 0.340 e. The van der Waals surface area contributed by atoms with E-state index in [0.29, 0.717) is 30.2 Å². The lowest BCUT2D eigenvalue weighted by Gasteiger charge is -2.14. The van der Waals surface area contributed by atoms with E-state index in [1.165, 1.54) is 7.11 Å². The number of methoxy groups -OCH3 is 1. The number of rotatable bonds is 6. The van der Waals surface area contributed by atoms with Crippen LogP contribution in [0, 0.1) is 0 Å². The van der Waals surface area contributed by atoms with Crippen LogP contribution in [0.2, 0.25) is 0 Å². The fourth-order valence-corrected chi connectivity index (χ4v) is 1.42. The molecular formula is C13H19NO4. The standard InChI is InChI=1S/C13H19NO4/c1-4-17-8-9(2)18-13(15)11-6-5-10(16-3)7-12(11)14/h5-7,9H,4,8,14H2,1-3H3. The summed E-state index contributed by atoms with van der Waals surface area (Å²) in [7, 11) is 1.54. The summed E-state index contributed by atoms with van der Waals surface area (Å²) in [6, 6.07) is 4.84. The highest BCUT2D eigenvalue weighted by atomic mass is 16.6. The molecule has 0 heterocycles. The molecule has 0 aromatic heterocycles. The number of benzene rings is 1. The molecule has 0 bridgehead atoms. The predicted octanol–water partition coefficient (Wildman–Crippen LogP) is 1.86. The van der Waals surface area contributed by atoms with E-state index in [-0.39, 0.29) is 6.10 Å². The van der Waals surface area contributed by atoms with E-state index in [1.54, 1.807) is 25.1 Å². The number of carbonyl (C=O) groups excluding carboxylic acids is 1. The van der Waals surface area contributed by atoms with Gasteiger partial charge >= 0.3 is 5.97 Å². The highest BCUT2D eigenvalue weighted by Crippen LogP contribution is 2.20. The zero-order chi connectivity index (χ0) is 13.5. The normalized spacial score (nSPS) is 11.9. The number of hydrogen-bond acceptors (Lipinski definition) is 5. The topological polar surface area (TPSA) is 70.8 Å². The van der Waals surface area contributed by atoms with Gasteiger partial charge in [-0.05, 0) is 26.0 Å². The van der Waals surface area contributed by atoms with Gasteiger partial charge in [-0.3, -0.25) is 0 Å². The molecule has 1 unspecified atom stereocenters. The first-order chi connectivity index (χ1) is 8.58. The lowest BCUT2D eigenvalue weighted by atomic mass is 10.2. The van der Waals surface area contributed by atoms with Gasteiger partial charge in [0.05, 0.1) is 19.3 Å². The number of anilines is 1. The highest BCUT2D eigenvalue weighted by Gasteiger charge is 2.15. The van der Waals surface area contributed by atoms with Crippen LogP contribution >= 0.6 is 0 Å². The average Bonchev–Trinajstić information content (AvgIpc) is 2.35. The summed E-state index contributed by atoms with van der Waals surface area (Å²) < 4.78 is 15.4. The molecule has 18 heavy (non-hydrogen) atoms. The minimum absolute atomic E-state index is 0.307. The molecule has 1 atom stereocenters. The van der Waals surface area contributed by atoms with Crippen LogP contribution in [-0.4, -0.2) is 32.4 Å². The summed E-state index contributed by atoms with van der Waals surface area (Å²) >= 11 is 0. The second-order valence-corrected chi connectivity index (χ2v) is 3.83. The quantitative estimate of drug-likeness (QED) is 0.619. The van der Waals surface area contributed by atoms with Gasteiger partial charge in [0.1, 0.15) is 11.9 Å². The summed E-state index contributed by atoms with van der Waals surface area (Å²) in [6.07, 6.45) is -0.307. The largest absolute Gasteiger partial charge is 0.497 e. The van der Waals surface area contributed by atoms with E-state index >= 15 is 0 Å². The molecule has 100 valence electrons. The third kappa shape index (κ3) is 3.92. The minimum atomic E-state index is -0.456. The summed E-state index contributed by atoms with van der Waals surface area (Å²) in [6.45, 7) is 4.62. The first-order valence-electron chi connectivity index (χ1n) is 5.80. The number of nitrogen functional groups attached to an aromatic ring is 1. The fourth-order valence-electron chi connectivity index (χ4n) is 1.42. The Labute approximate surface area is 107 Å². The Morgan fingerprint density at radius 2 is 2.17 bits per heavy atom. The van der Waals surface area contributed by atoms with Crippen molar-refractivity contribution >= 4 is 11.7 Å². The minimum Gasteiger partial charge on any atom is -0.497 e. The molecule has 0 saturated carbocycles. The average molecular weight is 253 g/mol. The number of hydrogen-bond donors (Lipinski definition) is 1. The predicted molar refractivity (Wildman–Crippen MR) is 68.8 cm³/mol. The molecule has 0 aliphatic heterocycles. The van der Waals surface area contributed by atoms with Crippen molar-refractivity contribution in [2.45, 2.75) is 20.0 Å². The maximum atomic E-state index is 11.8. The Kier molecular flexibility index (Phi) is 5.45. The lowest BCUT2D eigenvalue weighted by Crippen LogP contribution is -2.21. The Morgan fingerprint density at radius 1 is 1.44 bits per heavy atom. The molecule has 1 aromatic rings. The van der Waals surface area contributed by atoms with Gasteiger partial charge in [-0.1, -0.05) is 0 Å². The molecule has 5 heteroatoms. The van der Waals surface area contributed by atoms with Crippen molar-refractivity contribution in [2.75, 3.05) is 26.1 Å². The van der Waals surface area contributed by atoms with Crippen LogP contribution in [0.1, 0.15) is 24.2 Å². The Balaban J connectivity index is 2.66. The molecule has 0 amide bonds. The number of ether oxygens (including phenoxy) is 3. The van der Waals surface area contributed by atoms with Gasteiger partial charge in [0.2, 0.25) is 0 Å². The van der Waals surface area contributed by atoms with Crippen LogP contribution in [0.15, 0.2) is 18.2 Å². The van der Waals surface area contributed by atoms with Crippen LogP contribution in [-0.2, 0) is 9.47 Å². The van der Waals surface area contributed by atoms with Gasteiger partial charge in [0, 0.05) is 18.4 Å². The van der Waals surface area contributed by atoms with Crippen molar-refractivity contribution in [3.8, 4) is 5.75 Å². The van der Waals surface area contributed by atoms with Crippen molar-refractivity contribution in [1.29, 1.82) is 0 Å². The molecule has 2 N–H and O–H groups in total. The van der Waals surface area contributed by atoms with Gasteiger partial charge in [-0.2, -0.15) is 0 Å². The van der Waals surface area contributed by atoms with Gasteiger partial charge in [-0.15, -0.1) is 0 Å². The van der Waals surface area contributed by atoms with Gasteiger partial charge in [0.15, 0.2) is 0 Å². The molecule has 0 aliphatic rings. The number of nitrogens with two attached hydrogens (primary N) is 1. The third-order valence-electron chi connectivity index (χ3n) is 2.34. The van der Waals surface area contributed by atoms with E-state index in [2.05, 4.69) is 0 Å². The molecule has 0 radical (unpaired) electrons.